The van der Waals surface area contributed by atoms with Gasteiger partial charge in [0.2, 0.25) is 0 Å². The molecule has 4 heteroatoms. The molecule has 0 radical (unpaired) electrons. The third kappa shape index (κ3) is 5.29. The number of rotatable bonds is 9. The summed E-state index contributed by atoms with van der Waals surface area (Å²) in [4.78, 5) is 11.2. The standard InChI is InChI=1S/C14H21NO3/c16-10-6-2-5-9-15-11-13(14(17)18)12-7-3-1-4-8-12/h1,3-4,7-8,13,15-16H,2,5-6,9-11H2,(H,17,18). The van der Waals surface area contributed by atoms with Gasteiger partial charge in [0, 0.05) is 13.2 Å². The van der Waals surface area contributed by atoms with E-state index in [1.807, 2.05) is 30.3 Å². The maximum atomic E-state index is 11.2. The topological polar surface area (TPSA) is 69.6 Å². The molecule has 0 saturated heterocycles. The van der Waals surface area contributed by atoms with Gasteiger partial charge in [-0.1, -0.05) is 30.3 Å². The van der Waals surface area contributed by atoms with Crippen LogP contribution in [0.15, 0.2) is 30.3 Å². The molecule has 1 atom stereocenters. The van der Waals surface area contributed by atoms with E-state index in [4.69, 9.17) is 5.11 Å². The highest BCUT2D eigenvalue weighted by molar-refractivity contribution is 5.76. The summed E-state index contributed by atoms with van der Waals surface area (Å²) in [5.74, 6) is -1.30. The van der Waals surface area contributed by atoms with E-state index in [1.165, 1.54) is 0 Å². The monoisotopic (exact) mass is 251 g/mol. The van der Waals surface area contributed by atoms with Gasteiger partial charge in [-0.2, -0.15) is 0 Å². The molecule has 0 saturated carbocycles. The largest absolute Gasteiger partial charge is 0.481 e. The van der Waals surface area contributed by atoms with Crippen LogP contribution in [0.2, 0.25) is 0 Å². The minimum absolute atomic E-state index is 0.224. The number of benzene rings is 1. The van der Waals surface area contributed by atoms with Gasteiger partial charge in [0.25, 0.3) is 0 Å². The van der Waals surface area contributed by atoms with Crippen molar-refractivity contribution in [2.45, 2.75) is 25.2 Å². The van der Waals surface area contributed by atoms with Crippen LogP contribution >= 0.6 is 0 Å². The van der Waals surface area contributed by atoms with Gasteiger partial charge in [-0.3, -0.25) is 4.79 Å². The number of hydrogen-bond acceptors (Lipinski definition) is 3. The molecule has 0 aliphatic rings. The average Bonchev–Trinajstić information content (AvgIpc) is 2.38. The van der Waals surface area contributed by atoms with E-state index in [2.05, 4.69) is 5.32 Å². The van der Waals surface area contributed by atoms with Crippen LogP contribution in [0, 0.1) is 0 Å². The Morgan fingerprint density at radius 2 is 1.89 bits per heavy atom. The highest BCUT2D eigenvalue weighted by Gasteiger charge is 2.18. The van der Waals surface area contributed by atoms with E-state index < -0.39 is 11.9 Å². The first-order valence-electron chi connectivity index (χ1n) is 6.35. The van der Waals surface area contributed by atoms with Crippen molar-refractivity contribution in [2.75, 3.05) is 19.7 Å². The second-order valence-corrected chi connectivity index (χ2v) is 4.29. The smallest absolute Gasteiger partial charge is 0.312 e. The number of unbranched alkanes of at least 4 members (excludes halogenated alkanes) is 2. The van der Waals surface area contributed by atoms with Crippen LogP contribution in [-0.4, -0.2) is 35.9 Å². The van der Waals surface area contributed by atoms with Gasteiger partial charge >= 0.3 is 5.97 Å². The fourth-order valence-electron chi connectivity index (χ4n) is 1.82. The van der Waals surface area contributed by atoms with Crippen LogP contribution in [-0.2, 0) is 4.79 Å². The summed E-state index contributed by atoms with van der Waals surface area (Å²) in [5, 5.41) is 21.0. The Morgan fingerprint density at radius 3 is 2.50 bits per heavy atom. The van der Waals surface area contributed by atoms with Crippen LogP contribution in [0.1, 0.15) is 30.7 Å². The van der Waals surface area contributed by atoms with Gasteiger partial charge in [0.1, 0.15) is 0 Å². The number of carboxylic acids is 1. The van der Waals surface area contributed by atoms with Crippen molar-refractivity contribution in [1.82, 2.24) is 5.32 Å². The molecule has 0 amide bonds. The molecule has 1 unspecified atom stereocenters. The summed E-state index contributed by atoms with van der Waals surface area (Å²) in [7, 11) is 0. The summed E-state index contributed by atoms with van der Waals surface area (Å²) in [6.45, 7) is 1.46. The van der Waals surface area contributed by atoms with Gasteiger partial charge in [-0.25, -0.2) is 0 Å². The zero-order valence-electron chi connectivity index (χ0n) is 10.5. The molecule has 1 rings (SSSR count). The normalized spacial score (nSPS) is 12.3. The fourth-order valence-corrected chi connectivity index (χ4v) is 1.82. The van der Waals surface area contributed by atoms with Crippen molar-refractivity contribution in [2.24, 2.45) is 0 Å². The number of nitrogens with one attached hydrogen (secondary N) is 1. The molecule has 100 valence electrons. The Bertz CT molecular complexity index is 340. The van der Waals surface area contributed by atoms with E-state index in [-0.39, 0.29) is 6.61 Å². The van der Waals surface area contributed by atoms with E-state index >= 15 is 0 Å². The lowest BCUT2D eigenvalue weighted by Gasteiger charge is -2.13. The average molecular weight is 251 g/mol. The number of aliphatic hydroxyl groups is 1. The zero-order chi connectivity index (χ0) is 13.2. The maximum absolute atomic E-state index is 11.2. The molecule has 0 heterocycles. The molecule has 18 heavy (non-hydrogen) atoms. The number of aliphatic hydroxyl groups excluding tert-OH is 1. The zero-order valence-corrected chi connectivity index (χ0v) is 10.5. The Hall–Kier alpha value is -1.39. The molecule has 1 aromatic carbocycles. The van der Waals surface area contributed by atoms with Crippen LogP contribution in [0.4, 0.5) is 0 Å². The van der Waals surface area contributed by atoms with E-state index in [0.717, 1.165) is 31.4 Å². The summed E-state index contributed by atoms with van der Waals surface area (Å²) < 4.78 is 0. The van der Waals surface area contributed by atoms with Crippen LogP contribution in [0.3, 0.4) is 0 Å². The second kappa shape index (κ2) is 8.66. The van der Waals surface area contributed by atoms with Gasteiger partial charge in [0.05, 0.1) is 5.92 Å². The van der Waals surface area contributed by atoms with E-state index in [1.54, 1.807) is 0 Å². The number of carbonyl (C=O) groups is 1. The molecular weight excluding hydrogens is 230 g/mol. The Balaban J connectivity index is 2.34. The molecule has 0 spiro atoms. The molecule has 1 aromatic rings. The lowest BCUT2D eigenvalue weighted by atomic mass is 9.99. The number of carboxylic acid groups (broad SMARTS) is 1. The highest BCUT2D eigenvalue weighted by atomic mass is 16.4. The number of aliphatic carboxylic acids is 1. The van der Waals surface area contributed by atoms with E-state index in [0.29, 0.717) is 6.54 Å². The van der Waals surface area contributed by atoms with Crippen molar-refractivity contribution in [1.29, 1.82) is 0 Å². The molecule has 0 fully saturated rings. The number of hydrogen-bond donors (Lipinski definition) is 3. The molecule has 0 aliphatic heterocycles. The van der Waals surface area contributed by atoms with Crippen LogP contribution < -0.4 is 5.32 Å². The Morgan fingerprint density at radius 1 is 1.17 bits per heavy atom. The molecule has 0 aromatic heterocycles. The molecule has 0 bridgehead atoms. The van der Waals surface area contributed by atoms with E-state index in [9.17, 15) is 9.90 Å². The van der Waals surface area contributed by atoms with Crippen molar-refractivity contribution in [3.63, 3.8) is 0 Å². The maximum Gasteiger partial charge on any atom is 0.312 e. The third-order valence-electron chi connectivity index (χ3n) is 2.86. The Kier molecular flexibility index (Phi) is 7.06. The predicted molar refractivity (Wildman–Crippen MR) is 70.6 cm³/mol. The lowest BCUT2D eigenvalue weighted by Crippen LogP contribution is -2.27. The highest BCUT2D eigenvalue weighted by Crippen LogP contribution is 2.14. The summed E-state index contributed by atoms with van der Waals surface area (Å²) in [6.07, 6.45) is 2.73. The van der Waals surface area contributed by atoms with Crippen LogP contribution in [0.5, 0.6) is 0 Å². The molecular formula is C14H21NO3. The fraction of sp³-hybridized carbons (Fsp3) is 0.500. The second-order valence-electron chi connectivity index (χ2n) is 4.29. The molecule has 3 N–H and O–H groups in total. The first kappa shape index (κ1) is 14.7. The SMILES string of the molecule is O=C(O)C(CNCCCCCO)c1ccccc1. The summed E-state index contributed by atoms with van der Waals surface area (Å²) >= 11 is 0. The minimum Gasteiger partial charge on any atom is -0.481 e. The van der Waals surface area contributed by atoms with Crippen molar-refractivity contribution in [3.8, 4) is 0 Å². The van der Waals surface area contributed by atoms with Crippen molar-refractivity contribution < 1.29 is 15.0 Å². The van der Waals surface area contributed by atoms with Gasteiger partial charge < -0.3 is 15.5 Å². The minimum atomic E-state index is -0.802. The van der Waals surface area contributed by atoms with Gasteiger partial charge in [-0.05, 0) is 31.4 Å². The first-order chi connectivity index (χ1) is 8.75. The quantitative estimate of drug-likeness (QED) is 0.583. The molecule has 0 aliphatic carbocycles. The third-order valence-corrected chi connectivity index (χ3v) is 2.86. The van der Waals surface area contributed by atoms with Gasteiger partial charge in [0.15, 0.2) is 0 Å². The Labute approximate surface area is 108 Å². The lowest BCUT2D eigenvalue weighted by molar-refractivity contribution is -0.138. The molecule has 4 nitrogen and oxygen atoms in total. The predicted octanol–water partition coefficient (Wildman–Crippen LogP) is 1.61. The van der Waals surface area contributed by atoms with Crippen molar-refractivity contribution in [3.05, 3.63) is 35.9 Å². The first-order valence-corrected chi connectivity index (χ1v) is 6.35. The summed E-state index contributed by atoms with van der Waals surface area (Å²) in [5.41, 5.74) is 0.827. The van der Waals surface area contributed by atoms with Gasteiger partial charge in [-0.15, -0.1) is 0 Å². The summed E-state index contributed by atoms with van der Waals surface area (Å²) in [6, 6.07) is 9.27. The van der Waals surface area contributed by atoms with Crippen molar-refractivity contribution >= 4 is 5.97 Å². The van der Waals surface area contributed by atoms with Crippen LogP contribution in [0.25, 0.3) is 0 Å².